The minimum Gasteiger partial charge on any atom is -0.352 e. The largest absolute Gasteiger partial charge is 0.352 e. The van der Waals surface area contributed by atoms with E-state index in [0.29, 0.717) is 18.9 Å². The lowest BCUT2D eigenvalue weighted by molar-refractivity contribution is -0.121. The van der Waals surface area contributed by atoms with Crippen molar-refractivity contribution in [3.8, 4) is 0 Å². The smallest absolute Gasteiger partial charge is 0.220 e. The topological polar surface area (TPSA) is 29.1 Å². The molecule has 18 heavy (non-hydrogen) atoms. The summed E-state index contributed by atoms with van der Waals surface area (Å²) in [6.45, 7) is 9.23. The second-order valence-corrected chi connectivity index (χ2v) is 6.18. The highest BCUT2D eigenvalue weighted by atomic mass is 16.1. The first-order chi connectivity index (χ1) is 8.37. The first-order valence-electron chi connectivity index (χ1n) is 6.69. The molecule has 2 nitrogen and oxygen atoms in total. The predicted molar refractivity (Wildman–Crippen MR) is 77.2 cm³/mol. The van der Waals surface area contributed by atoms with Gasteiger partial charge in [-0.1, -0.05) is 58.1 Å². The third-order valence-electron chi connectivity index (χ3n) is 2.93. The Bertz CT molecular complexity index is 369. The van der Waals surface area contributed by atoms with E-state index in [-0.39, 0.29) is 11.3 Å². The van der Waals surface area contributed by atoms with Crippen LogP contribution in [0.1, 0.15) is 40.5 Å². The average molecular weight is 247 g/mol. The van der Waals surface area contributed by atoms with Crippen molar-refractivity contribution in [2.24, 2.45) is 11.3 Å². The van der Waals surface area contributed by atoms with Gasteiger partial charge in [-0.3, -0.25) is 4.79 Å². The van der Waals surface area contributed by atoms with Crippen molar-refractivity contribution in [1.82, 2.24) is 5.32 Å². The Morgan fingerprint density at radius 2 is 2.06 bits per heavy atom. The van der Waals surface area contributed by atoms with Crippen LogP contribution < -0.4 is 5.32 Å². The summed E-state index contributed by atoms with van der Waals surface area (Å²) in [7, 11) is 0. The molecule has 1 rings (SSSR count). The zero-order valence-corrected chi connectivity index (χ0v) is 12.0. The fourth-order valence-electron chi connectivity index (χ4n) is 1.64. The molecule has 0 heterocycles. The summed E-state index contributed by atoms with van der Waals surface area (Å²) in [6.07, 6.45) is 12.0. The molecule has 0 saturated carbocycles. The second kappa shape index (κ2) is 6.58. The molecular formula is C16H25NO. The molecule has 1 atom stereocenters. The number of hydrogen-bond acceptors (Lipinski definition) is 1. The van der Waals surface area contributed by atoms with Gasteiger partial charge in [0, 0.05) is 13.0 Å². The van der Waals surface area contributed by atoms with Gasteiger partial charge in [-0.05, 0) is 23.3 Å². The molecule has 1 N–H and O–H groups in total. The lowest BCUT2D eigenvalue weighted by atomic mass is 9.90. The Morgan fingerprint density at radius 3 is 2.72 bits per heavy atom. The van der Waals surface area contributed by atoms with Crippen molar-refractivity contribution >= 4 is 5.91 Å². The third-order valence-corrected chi connectivity index (χ3v) is 2.93. The monoisotopic (exact) mass is 247 g/mol. The molecule has 0 radical (unpaired) electrons. The Labute approximate surface area is 111 Å². The highest BCUT2D eigenvalue weighted by Crippen LogP contribution is 2.20. The minimum atomic E-state index is 0.139. The predicted octanol–water partition coefficient (Wildman–Crippen LogP) is 3.62. The van der Waals surface area contributed by atoms with Crippen molar-refractivity contribution in [3.05, 3.63) is 36.0 Å². The third kappa shape index (κ3) is 6.43. The van der Waals surface area contributed by atoms with Crippen LogP contribution in [-0.2, 0) is 4.79 Å². The Balaban J connectivity index is 2.33. The van der Waals surface area contributed by atoms with Crippen LogP contribution in [0, 0.1) is 11.3 Å². The fourth-order valence-corrected chi connectivity index (χ4v) is 1.64. The van der Waals surface area contributed by atoms with Gasteiger partial charge in [0.25, 0.3) is 0 Å². The zero-order valence-electron chi connectivity index (χ0n) is 12.0. The molecule has 1 amide bonds. The van der Waals surface area contributed by atoms with E-state index in [4.69, 9.17) is 0 Å². The van der Waals surface area contributed by atoms with Gasteiger partial charge in [-0.2, -0.15) is 0 Å². The molecule has 0 bridgehead atoms. The molecule has 1 aliphatic carbocycles. The highest BCUT2D eigenvalue weighted by molar-refractivity contribution is 5.76. The van der Waals surface area contributed by atoms with E-state index in [1.165, 1.54) is 0 Å². The van der Waals surface area contributed by atoms with E-state index in [9.17, 15) is 4.79 Å². The van der Waals surface area contributed by atoms with Crippen molar-refractivity contribution < 1.29 is 4.79 Å². The van der Waals surface area contributed by atoms with E-state index in [1.54, 1.807) is 0 Å². The molecule has 100 valence electrons. The Kier molecular flexibility index (Phi) is 5.39. The second-order valence-electron chi connectivity index (χ2n) is 6.18. The van der Waals surface area contributed by atoms with Crippen LogP contribution in [0.25, 0.3) is 0 Å². The van der Waals surface area contributed by atoms with Crippen molar-refractivity contribution in [2.45, 2.75) is 40.5 Å². The Hall–Kier alpha value is -1.31. The van der Waals surface area contributed by atoms with Gasteiger partial charge < -0.3 is 5.32 Å². The lowest BCUT2D eigenvalue weighted by Crippen LogP contribution is -2.26. The van der Waals surface area contributed by atoms with Crippen molar-refractivity contribution in [3.63, 3.8) is 0 Å². The van der Waals surface area contributed by atoms with Crippen LogP contribution in [0.5, 0.6) is 0 Å². The molecule has 0 aromatic rings. The van der Waals surface area contributed by atoms with E-state index in [0.717, 1.165) is 12.0 Å². The van der Waals surface area contributed by atoms with Crippen LogP contribution in [0.4, 0.5) is 0 Å². The summed E-state index contributed by atoms with van der Waals surface area (Å²) in [5.41, 5.74) is 1.37. The van der Waals surface area contributed by atoms with Crippen LogP contribution in [0.3, 0.4) is 0 Å². The molecule has 1 unspecified atom stereocenters. The molecule has 0 saturated heterocycles. The van der Waals surface area contributed by atoms with Gasteiger partial charge in [0.1, 0.15) is 0 Å². The number of rotatable bonds is 4. The number of carbonyl (C=O) groups is 1. The number of carbonyl (C=O) groups excluding carboxylic acids is 1. The zero-order chi connectivity index (χ0) is 13.6. The number of hydrogen-bond donors (Lipinski definition) is 1. The minimum absolute atomic E-state index is 0.139. The summed E-state index contributed by atoms with van der Waals surface area (Å²) in [5, 5.41) is 2.98. The fraction of sp³-hybridized carbons (Fsp3) is 0.562. The SMILES string of the molecule is CC1C=CC=C(CNC(=O)CCC(C)(C)C)C=C1. The summed E-state index contributed by atoms with van der Waals surface area (Å²) < 4.78 is 0. The maximum Gasteiger partial charge on any atom is 0.220 e. The van der Waals surface area contributed by atoms with Crippen molar-refractivity contribution in [2.75, 3.05) is 6.54 Å². The molecule has 0 aromatic carbocycles. The summed E-state index contributed by atoms with van der Waals surface area (Å²) >= 11 is 0. The van der Waals surface area contributed by atoms with Gasteiger partial charge in [-0.25, -0.2) is 0 Å². The lowest BCUT2D eigenvalue weighted by Gasteiger charge is -2.17. The maximum absolute atomic E-state index is 11.7. The van der Waals surface area contributed by atoms with E-state index >= 15 is 0 Å². The summed E-state index contributed by atoms with van der Waals surface area (Å²) in [6, 6.07) is 0. The molecule has 1 aliphatic rings. The molecule has 2 heteroatoms. The van der Waals surface area contributed by atoms with Gasteiger partial charge in [0.2, 0.25) is 5.91 Å². The first kappa shape index (κ1) is 14.7. The van der Waals surface area contributed by atoms with E-state index < -0.39 is 0 Å². The van der Waals surface area contributed by atoms with Crippen LogP contribution >= 0.6 is 0 Å². The van der Waals surface area contributed by atoms with Gasteiger partial charge in [0.15, 0.2) is 0 Å². The molecule has 0 aromatic heterocycles. The van der Waals surface area contributed by atoms with Crippen LogP contribution in [0.2, 0.25) is 0 Å². The van der Waals surface area contributed by atoms with E-state index in [1.807, 2.05) is 0 Å². The first-order valence-corrected chi connectivity index (χ1v) is 6.69. The van der Waals surface area contributed by atoms with E-state index in [2.05, 4.69) is 63.4 Å². The number of allylic oxidation sites excluding steroid dienone is 4. The molecule has 0 fully saturated rings. The van der Waals surface area contributed by atoms with Gasteiger partial charge in [0.05, 0.1) is 0 Å². The molecule has 0 spiro atoms. The number of amides is 1. The van der Waals surface area contributed by atoms with Crippen LogP contribution in [-0.4, -0.2) is 12.5 Å². The average Bonchev–Trinajstić information content (AvgIpc) is 2.48. The standard InChI is InChI=1S/C16H25NO/c1-13-6-5-7-14(9-8-13)12-17-15(18)10-11-16(2,3)4/h5-9,13H,10-12H2,1-4H3,(H,17,18). The quantitative estimate of drug-likeness (QED) is 0.807. The molecule has 0 aliphatic heterocycles. The normalized spacial score (nSPS) is 19.3. The van der Waals surface area contributed by atoms with Gasteiger partial charge >= 0.3 is 0 Å². The molecular weight excluding hydrogens is 222 g/mol. The maximum atomic E-state index is 11.7. The Morgan fingerprint density at radius 1 is 1.33 bits per heavy atom. The number of nitrogens with one attached hydrogen (secondary N) is 1. The summed E-state index contributed by atoms with van der Waals surface area (Å²) in [5.74, 6) is 0.607. The van der Waals surface area contributed by atoms with Crippen molar-refractivity contribution in [1.29, 1.82) is 0 Å². The highest BCUT2D eigenvalue weighted by Gasteiger charge is 2.12. The summed E-state index contributed by atoms with van der Waals surface area (Å²) in [4.78, 5) is 11.7. The van der Waals surface area contributed by atoms with Gasteiger partial charge in [-0.15, -0.1) is 0 Å². The van der Waals surface area contributed by atoms with Crippen LogP contribution in [0.15, 0.2) is 36.0 Å².